The number of hydrogen-bond donors (Lipinski definition) is 2. The van der Waals surface area contributed by atoms with Gasteiger partial charge in [0.15, 0.2) is 11.6 Å². The van der Waals surface area contributed by atoms with E-state index in [0.29, 0.717) is 17.8 Å². The lowest BCUT2D eigenvalue weighted by molar-refractivity contribution is -0.124. The van der Waals surface area contributed by atoms with Gasteiger partial charge in [-0.15, -0.1) is 0 Å². The number of allylic oxidation sites excluding steroid dienone is 1. The number of nitrogens with one attached hydrogen (secondary N) is 2. The summed E-state index contributed by atoms with van der Waals surface area (Å²) in [7, 11) is 0. The maximum atomic E-state index is 12.3. The van der Waals surface area contributed by atoms with Gasteiger partial charge in [-0.25, -0.2) is 0 Å². The number of ketones is 2. The molecule has 1 aromatic carbocycles. The fraction of sp³-hybridized carbons (Fsp3) is 0.421. The zero-order chi connectivity index (χ0) is 19.1. The van der Waals surface area contributed by atoms with Gasteiger partial charge in [-0.1, -0.05) is 45.4 Å². The molecule has 136 valence electrons. The molecule has 0 saturated heterocycles. The highest BCUT2D eigenvalue weighted by Crippen LogP contribution is 2.26. The van der Waals surface area contributed by atoms with Gasteiger partial charge in [-0.2, -0.15) is 0 Å². The number of anilines is 1. The van der Waals surface area contributed by atoms with E-state index in [1.54, 1.807) is 45.9 Å². The molecule has 1 amide bonds. The van der Waals surface area contributed by atoms with E-state index in [1.807, 2.05) is 6.92 Å². The van der Waals surface area contributed by atoms with E-state index in [2.05, 4.69) is 10.6 Å². The molecule has 0 aliphatic rings. The Labute approximate surface area is 153 Å². The molecule has 5 nitrogen and oxygen atoms in total. The first-order valence-electron chi connectivity index (χ1n) is 8.32. The smallest absolute Gasteiger partial charge is 0.252 e. The molecule has 1 aromatic rings. The molecule has 0 unspecified atom stereocenters. The van der Waals surface area contributed by atoms with E-state index in [4.69, 9.17) is 11.6 Å². The average molecular weight is 365 g/mol. The van der Waals surface area contributed by atoms with Crippen LogP contribution in [0.4, 0.5) is 5.69 Å². The summed E-state index contributed by atoms with van der Waals surface area (Å²) in [5, 5.41) is 5.83. The van der Waals surface area contributed by atoms with Crippen LogP contribution < -0.4 is 10.6 Å². The van der Waals surface area contributed by atoms with Crippen molar-refractivity contribution in [3.05, 3.63) is 40.6 Å². The second-order valence-electron chi connectivity index (χ2n) is 6.27. The first kappa shape index (κ1) is 20.9. The number of carbonyl (C=O) groups is 3. The number of halogens is 1. The minimum absolute atomic E-state index is 0.101. The van der Waals surface area contributed by atoms with Crippen LogP contribution in [0.3, 0.4) is 0 Å². The highest BCUT2D eigenvalue weighted by molar-refractivity contribution is 6.36. The van der Waals surface area contributed by atoms with Crippen molar-refractivity contribution in [1.82, 2.24) is 5.32 Å². The van der Waals surface area contributed by atoms with Crippen LogP contribution in [0.2, 0.25) is 5.02 Å². The lowest BCUT2D eigenvalue weighted by Gasteiger charge is -2.13. The highest BCUT2D eigenvalue weighted by atomic mass is 35.5. The number of rotatable bonds is 8. The van der Waals surface area contributed by atoms with Crippen LogP contribution in [-0.2, 0) is 9.59 Å². The largest absolute Gasteiger partial charge is 0.360 e. The lowest BCUT2D eigenvalue weighted by atomic mass is 9.93. The Balaban J connectivity index is 3.19. The molecule has 1 rings (SSSR count). The average Bonchev–Trinajstić information content (AvgIpc) is 2.55. The van der Waals surface area contributed by atoms with Gasteiger partial charge in [0.05, 0.1) is 21.8 Å². The van der Waals surface area contributed by atoms with E-state index < -0.39 is 0 Å². The quantitative estimate of drug-likeness (QED) is 0.417. The molecule has 0 heterocycles. The number of benzene rings is 1. The summed E-state index contributed by atoms with van der Waals surface area (Å²) in [5.41, 5.74) is 0.884. The Kier molecular flexibility index (Phi) is 7.84. The summed E-state index contributed by atoms with van der Waals surface area (Å²) < 4.78 is 0. The van der Waals surface area contributed by atoms with Crippen LogP contribution in [0.25, 0.3) is 0 Å². The van der Waals surface area contributed by atoms with Crippen molar-refractivity contribution in [3.63, 3.8) is 0 Å². The van der Waals surface area contributed by atoms with Crippen LogP contribution in [0, 0.1) is 11.8 Å². The molecule has 0 aliphatic carbocycles. The molecule has 0 bridgehead atoms. The van der Waals surface area contributed by atoms with Crippen LogP contribution in [0.5, 0.6) is 0 Å². The SMILES string of the molecule is CCNC(=O)c1cccc(NC=C(C(=O)C(C)C)C(=O)C(C)C)c1Cl. The van der Waals surface area contributed by atoms with Crippen LogP contribution in [0.1, 0.15) is 45.0 Å². The van der Waals surface area contributed by atoms with Crippen molar-refractivity contribution in [2.75, 3.05) is 11.9 Å². The molecule has 0 saturated carbocycles. The number of Topliss-reactive ketones (excluding diaryl/α,β-unsaturated/α-hetero) is 2. The minimum Gasteiger partial charge on any atom is -0.360 e. The maximum Gasteiger partial charge on any atom is 0.252 e. The Morgan fingerprint density at radius 3 is 2.12 bits per heavy atom. The molecule has 0 fully saturated rings. The van der Waals surface area contributed by atoms with Crippen molar-refractivity contribution >= 4 is 34.8 Å². The van der Waals surface area contributed by atoms with Crippen LogP contribution in [0.15, 0.2) is 30.0 Å². The molecule has 0 atom stereocenters. The minimum atomic E-state index is -0.298. The molecule has 0 spiro atoms. The lowest BCUT2D eigenvalue weighted by Crippen LogP contribution is -2.23. The van der Waals surface area contributed by atoms with Gasteiger partial charge in [-0.05, 0) is 19.1 Å². The molecular weight excluding hydrogens is 340 g/mol. The maximum absolute atomic E-state index is 12.3. The summed E-state index contributed by atoms with van der Waals surface area (Å²) in [6.45, 7) is 9.28. The third-order valence-electron chi connectivity index (χ3n) is 3.53. The second-order valence-corrected chi connectivity index (χ2v) is 6.64. The number of amides is 1. The van der Waals surface area contributed by atoms with Crippen molar-refractivity contribution < 1.29 is 14.4 Å². The molecule has 6 heteroatoms. The predicted octanol–water partition coefficient (Wildman–Crippen LogP) is 3.84. The van der Waals surface area contributed by atoms with E-state index in [9.17, 15) is 14.4 Å². The molecule has 2 N–H and O–H groups in total. The third-order valence-corrected chi connectivity index (χ3v) is 3.94. The highest BCUT2D eigenvalue weighted by Gasteiger charge is 2.23. The van der Waals surface area contributed by atoms with Gasteiger partial charge in [-0.3, -0.25) is 14.4 Å². The summed E-state index contributed by atoms with van der Waals surface area (Å²) in [4.78, 5) is 36.7. The Bertz CT molecular complexity index is 672. The van der Waals surface area contributed by atoms with Crippen LogP contribution >= 0.6 is 11.6 Å². The van der Waals surface area contributed by atoms with Gasteiger partial charge < -0.3 is 10.6 Å². The monoisotopic (exact) mass is 364 g/mol. The van der Waals surface area contributed by atoms with Gasteiger partial charge >= 0.3 is 0 Å². The third kappa shape index (κ3) is 5.43. The van der Waals surface area contributed by atoms with Gasteiger partial charge in [0.2, 0.25) is 0 Å². The summed E-state index contributed by atoms with van der Waals surface area (Å²) in [6, 6.07) is 4.97. The molecule has 0 radical (unpaired) electrons. The summed E-state index contributed by atoms with van der Waals surface area (Å²) in [6.07, 6.45) is 1.38. The number of hydrogen-bond acceptors (Lipinski definition) is 4. The second kappa shape index (κ2) is 9.37. The molecule has 0 aliphatic heterocycles. The van der Waals surface area contributed by atoms with E-state index in [-0.39, 0.29) is 39.9 Å². The molecule has 25 heavy (non-hydrogen) atoms. The van der Waals surface area contributed by atoms with Crippen molar-refractivity contribution in [1.29, 1.82) is 0 Å². The summed E-state index contributed by atoms with van der Waals surface area (Å²) in [5.74, 6) is -1.35. The zero-order valence-electron chi connectivity index (χ0n) is 15.3. The normalized spacial score (nSPS) is 10.6. The van der Waals surface area contributed by atoms with E-state index in [1.165, 1.54) is 6.20 Å². The van der Waals surface area contributed by atoms with Crippen LogP contribution in [-0.4, -0.2) is 24.0 Å². The number of carbonyl (C=O) groups excluding carboxylic acids is 3. The van der Waals surface area contributed by atoms with Gasteiger partial charge in [0, 0.05) is 24.6 Å². The van der Waals surface area contributed by atoms with E-state index >= 15 is 0 Å². The fourth-order valence-electron chi connectivity index (χ4n) is 2.11. The van der Waals surface area contributed by atoms with Gasteiger partial charge in [0.1, 0.15) is 0 Å². The van der Waals surface area contributed by atoms with Crippen molar-refractivity contribution in [3.8, 4) is 0 Å². The zero-order valence-corrected chi connectivity index (χ0v) is 16.0. The first-order chi connectivity index (χ1) is 11.7. The Morgan fingerprint density at radius 2 is 1.64 bits per heavy atom. The topological polar surface area (TPSA) is 75.3 Å². The standard InChI is InChI=1S/C19H25ClN2O3/c1-6-21-19(25)13-8-7-9-15(16(13)20)22-10-14(17(23)11(2)3)18(24)12(4)5/h7-12,22H,6H2,1-5H3,(H,21,25). The predicted molar refractivity (Wildman–Crippen MR) is 101 cm³/mol. The fourth-order valence-corrected chi connectivity index (χ4v) is 2.38. The molecule has 0 aromatic heterocycles. The Morgan fingerprint density at radius 1 is 1.08 bits per heavy atom. The van der Waals surface area contributed by atoms with Gasteiger partial charge in [0.25, 0.3) is 5.91 Å². The van der Waals surface area contributed by atoms with Crippen molar-refractivity contribution in [2.45, 2.75) is 34.6 Å². The molecular formula is C19H25ClN2O3. The van der Waals surface area contributed by atoms with E-state index in [0.717, 1.165) is 0 Å². The Hall–Kier alpha value is -2.14. The summed E-state index contributed by atoms with van der Waals surface area (Å²) >= 11 is 6.28. The first-order valence-corrected chi connectivity index (χ1v) is 8.70. The van der Waals surface area contributed by atoms with Crippen molar-refractivity contribution in [2.24, 2.45) is 11.8 Å².